The molecule has 2 nitrogen and oxygen atoms in total. The second-order valence-corrected chi connectivity index (χ2v) is 6.93. The van der Waals surface area contributed by atoms with Crippen LogP contribution in [0.3, 0.4) is 0 Å². The van der Waals surface area contributed by atoms with Crippen LogP contribution in [0.25, 0.3) is 22.2 Å². The molecule has 5 heteroatoms. The van der Waals surface area contributed by atoms with Gasteiger partial charge in [-0.2, -0.15) is 0 Å². The predicted molar refractivity (Wildman–Crippen MR) is 96.7 cm³/mol. The van der Waals surface area contributed by atoms with Crippen LogP contribution < -0.4 is 0 Å². The molecule has 2 heterocycles. The number of halogens is 2. The van der Waals surface area contributed by atoms with Gasteiger partial charge in [0.2, 0.25) is 0 Å². The maximum absolute atomic E-state index is 13.7. The average molecular weight is 352 g/mol. The number of fused-ring (bicyclic) bond motifs is 1. The minimum atomic E-state index is -0.594. The molecular weight excluding hydrogens is 338 g/mol. The Labute approximate surface area is 147 Å². The van der Waals surface area contributed by atoms with Crippen LogP contribution in [0.5, 0.6) is 0 Å². The second-order valence-electron chi connectivity index (χ2n) is 5.81. The molecule has 0 amide bonds. The van der Waals surface area contributed by atoms with Crippen molar-refractivity contribution in [2.45, 2.75) is 16.7 Å². The van der Waals surface area contributed by atoms with Crippen LogP contribution in [0.1, 0.15) is 5.56 Å². The van der Waals surface area contributed by atoms with Gasteiger partial charge in [0.05, 0.1) is 0 Å². The summed E-state index contributed by atoms with van der Waals surface area (Å²) < 4.78 is 27.3. The molecule has 0 aliphatic rings. The molecule has 4 rings (SSSR count). The number of benzene rings is 2. The molecule has 0 saturated heterocycles. The van der Waals surface area contributed by atoms with Crippen LogP contribution in [-0.4, -0.2) is 9.97 Å². The third-order valence-corrected chi connectivity index (χ3v) is 4.96. The SMILES string of the molecule is Cc1cccc(Sc2c[nH]c3nccc(-c4cc(F)cc(F)c4)c23)c1. The van der Waals surface area contributed by atoms with E-state index in [0.29, 0.717) is 11.2 Å². The lowest BCUT2D eigenvalue weighted by Gasteiger charge is -2.07. The Balaban J connectivity index is 1.87. The average Bonchev–Trinajstić information content (AvgIpc) is 2.97. The van der Waals surface area contributed by atoms with Gasteiger partial charge in [-0.05, 0) is 48.4 Å². The first-order valence-electron chi connectivity index (χ1n) is 7.77. The number of aryl methyl sites for hydroxylation is 1. The third-order valence-electron chi connectivity index (χ3n) is 3.93. The highest BCUT2D eigenvalue weighted by atomic mass is 32.2. The summed E-state index contributed by atoms with van der Waals surface area (Å²) in [6.07, 6.45) is 3.52. The van der Waals surface area contributed by atoms with Gasteiger partial charge in [0.25, 0.3) is 0 Å². The summed E-state index contributed by atoms with van der Waals surface area (Å²) in [4.78, 5) is 9.54. The van der Waals surface area contributed by atoms with E-state index in [0.717, 1.165) is 26.8 Å². The maximum atomic E-state index is 13.7. The Morgan fingerprint density at radius 3 is 2.56 bits per heavy atom. The topological polar surface area (TPSA) is 28.7 Å². The number of pyridine rings is 1. The molecule has 124 valence electrons. The fourth-order valence-electron chi connectivity index (χ4n) is 2.86. The Kier molecular flexibility index (Phi) is 4.01. The van der Waals surface area contributed by atoms with Crippen molar-refractivity contribution in [3.8, 4) is 11.1 Å². The third kappa shape index (κ3) is 3.15. The first kappa shape index (κ1) is 15.8. The van der Waals surface area contributed by atoms with E-state index in [9.17, 15) is 8.78 Å². The minimum Gasteiger partial charge on any atom is -0.345 e. The molecular formula is C20H14F2N2S. The highest BCUT2D eigenvalue weighted by molar-refractivity contribution is 7.99. The summed E-state index contributed by atoms with van der Waals surface area (Å²) in [5.74, 6) is -1.19. The van der Waals surface area contributed by atoms with Gasteiger partial charge < -0.3 is 4.98 Å². The van der Waals surface area contributed by atoms with Crippen LogP contribution in [-0.2, 0) is 0 Å². The van der Waals surface area contributed by atoms with E-state index in [-0.39, 0.29) is 0 Å². The Morgan fingerprint density at radius 2 is 1.80 bits per heavy atom. The minimum absolute atomic E-state index is 0.496. The number of rotatable bonds is 3. The molecule has 0 saturated carbocycles. The van der Waals surface area contributed by atoms with Gasteiger partial charge in [0.15, 0.2) is 0 Å². The van der Waals surface area contributed by atoms with E-state index in [4.69, 9.17) is 0 Å². The number of nitrogens with one attached hydrogen (secondary N) is 1. The van der Waals surface area contributed by atoms with Gasteiger partial charge in [-0.1, -0.05) is 29.5 Å². The van der Waals surface area contributed by atoms with Crippen molar-refractivity contribution >= 4 is 22.8 Å². The quantitative estimate of drug-likeness (QED) is 0.492. The number of aromatic amines is 1. The van der Waals surface area contributed by atoms with Crippen molar-refractivity contribution in [1.29, 1.82) is 0 Å². The smallest absolute Gasteiger partial charge is 0.139 e. The molecule has 25 heavy (non-hydrogen) atoms. The molecule has 4 aromatic rings. The highest BCUT2D eigenvalue weighted by Gasteiger charge is 2.14. The van der Waals surface area contributed by atoms with Gasteiger partial charge in [-0.25, -0.2) is 13.8 Å². The zero-order valence-corrected chi connectivity index (χ0v) is 14.2. The van der Waals surface area contributed by atoms with Crippen molar-refractivity contribution in [2.75, 3.05) is 0 Å². The fraction of sp³-hybridized carbons (Fsp3) is 0.0500. The highest BCUT2D eigenvalue weighted by Crippen LogP contribution is 2.38. The number of nitrogens with zero attached hydrogens (tertiary/aromatic N) is 1. The first-order chi connectivity index (χ1) is 12.1. The molecule has 1 N–H and O–H groups in total. The summed E-state index contributed by atoms with van der Waals surface area (Å²) >= 11 is 1.60. The van der Waals surface area contributed by atoms with Crippen molar-refractivity contribution < 1.29 is 8.78 Å². The van der Waals surface area contributed by atoms with Gasteiger partial charge >= 0.3 is 0 Å². The van der Waals surface area contributed by atoms with Crippen LogP contribution >= 0.6 is 11.8 Å². The molecule has 0 spiro atoms. The van der Waals surface area contributed by atoms with Gasteiger partial charge in [0.1, 0.15) is 17.3 Å². The molecule has 0 unspecified atom stereocenters. The molecule has 0 bridgehead atoms. The van der Waals surface area contributed by atoms with E-state index >= 15 is 0 Å². The van der Waals surface area contributed by atoms with Crippen molar-refractivity contribution in [3.05, 3.63) is 78.1 Å². The largest absolute Gasteiger partial charge is 0.345 e. The summed E-state index contributed by atoms with van der Waals surface area (Å²) in [7, 11) is 0. The van der Waals surface area contributed by atoms with Crippen molar-refractivity contribution in [3.63, 3.8) is 0 Å². The lowest BCUT2D eigenvalue weighted by Crippen LogP contribution is -1.87. The summed E-state index contributed by atoms with van der Waals surface area (Å²) in [5, 5.41) is 0.860. The van der Waals surface area contributed by atoms with E-state index in [1.807, 2.05) is 31.3 Å². The lowest BCUT2D eigenvalue weighted by atomic mass is 10.0. The molecule has 2 aromatic carbocycles. The van der Waals surface area contributed by atoms with Crippen molar-refractivity contribution in [1.82, 2.24) is 9.97 Å². The zero-order chi connectivity index (χ0) is 17.4. The van der Waals surface area contributed by atoms with Gasteiger partial charge in [-0.15, -0.1) is 0 Å². The lowest BCUT2D eigenvalue weighted by molar-refractivity contribution is 0.584. The van der Waals surface area contributed by atoms with Crippen LogP contribution in [0.4, 0.5) is 8.78 Å². The van der Waals surface area contributed by atoms with E-state index in [1.54, 1.807) is 24.0 Å². The first-order valence-corrected chi connectivity index (χ1v) is 8.59. The fourth-order valence-corrected chi connectivity index (χ4v) is 3.93. The molecule has 0 fully saturated rings. The Hall–Kier alpha value is -2.66. The normalized spacial score (nSPS) is 11.2. The predicted octanol–water partition coefficient (Wildman–Crippen LogP) is 5.97. The van der Waals surface area contributed by atoms with E-state index in [1.165, 1.54) is 17.7 Å². The van der Waals surface area contributed by atoms with E-state index < -0.39 is 11.6 Å². The Bertz CT molecular complexity index is 1050. The molecule has 2 aromatic heterocycles. The monoisotopic (exact) mass is 352 g/mol. The molecule has 0 radical (unpaired) electrons. The molecule has 0 aliphatic carbocycles. The van der Waals surface area contributed by atoms with Crippen LogP contribution in [0.15, 0.2) is 70.7 Å². The Morgan fingerprint density at radius 1 is 1.00 bits per heavy atom. The molecule has 0 atom stereocenters. The van der Waals surface area contributed by atoms with Crippen LogP contribution in [0.2, 0.25) is 0 Å². The maximum Gasteiger partial charge on any atom is 0.139 e. The second kappa shape index (κ2) is 6.33. The summed E-state index contributed by atoms with van der Waals surface area (Å²) in [6, 6.07) is 13.5. The molecule has 0 aliphatic heterocycles. The standard InChI is InChI=1S/C20H14F2N2S/c1-12-3-2-4-16(7-12)25-18-11-24-20-19(18)17(5-6-23-20)13-8-14(21)10-15(22)9-13/h2-11H,1H3,(H,23,24). The number of H-pyrrole nitrogens is 1. The number of hydrogen-bond donors (Lipinski definition) is 1. The van der Waals surface area contributed by atoms with Gasteiger partial charge in [-0.3, -0.25) is 0 Å². The van der Waals surface area contributed by atoms with Crippen molar-refractivity contribution in [2.24, 2.45) is 0 Å². The van der Waals surface area contributed by atoms with Gasteiger partial charge in [0, 0.05) is 33.6 Å². The summed E-state index contributed by atoms with van der Waals surface area (Å²) in [5.41, 5.74) is 3.11. The zero-order valence-electron chi connectivity index (χ0n) is 13.4. The number of aromatic nitrogens is 2. The van der Waals surface area contributed by atoms with E-state index in [2.05, 4.69) is 16.0 Å². The van der Waals surface area contributed by atoms with Crippen LogP contribution in [0, 0.1) is 18.6 Å². The number of hydrogen-bond acceptors (Lipinski definition) is 2. The summed E-state index contributed by atoms with van der Waals surface area (Å²) in [6.45, 7) is 2.04.